The molecule has 17 heavy (non-hydrogen) atoms. The normalized spacial score (nSPS) is 20.9. The molecule has 1 heterocycles. The lowest BCUT2D eigenvalue weighted by Gasteiger charge is -2.09. The smallest absolute Gasteiger partial charge is 0.298 e. The van der Waals surface area contributed by atoms with E-state index in [0.717, 1.165) is 25.1 Å². The zero-order chi connectivity index (χ0) is 12.5. The van der Waals surface area contributed by atoms with Crippen LogP contribution < -0.4 is 0 Å². The second-order valence-corrected chi connectivity index (χ2v) is 5.07. The lowest BCUT2D eigenvalue weighted by molar-refractivity contribution is -0.137. The molecule has 1 aromatic rings. The Labute approximate surface area is 101 Å². The van der Waals surface area contributed by atoms with E-state index in [-0.39, 0.29) is 11.0 Å². The topological polar surface area (TPSA) is 30.0 Å². The van der Waals surface area contributed by atoms with Crippen LogP contribution in [0.2, 0.25) is 0 Å². The highest BCUT2D eigenvalue weighted by Crippen LogP contribution is 2.33. The first-order valence-corrected chi connectivity index (χ1v) is 6.07. The Balaban J connectivity index is 2.06. The molecule has 0 aliphatic heterocycles. The third-order valence-corrected chi connectivity index (χ3v) is 3.84. The van der Waals surface area contributed by atoms with Gasteiger partial charge < -0.3 is 0 Å². The van der Waals surface area contributed by atoms with Crippen molar-refractivity contribution in [3.63, 3.8) is 0 Å². The summed E-state index contributed by atoms with van der Waals surface area (Å²) in [6, 6.07) is 2.31. The lowest BCUT2D eigenvalue weighted by Crippen LogP contribution is -2.09. The van der Waals surface area contributed by atoms with Crippen LogP contribution in [0.1, 0.15) is 24.8 Å². The molecule has 1 aliphatic rings. The second-order valence-electron chi connectivity index (χ2n) is 3.85. The van der Waals surface area contributed by atoms with Crippen LogP contribution in [0.25, 0.3) is 0 Å². The minimum atomic E-state index is -4.36. The van der Waals surface area contributed by atoms with Gasteiger partial charge in [-0.05, 0) is 25.0 Å². The Morgan fingerprint density at radius 2 is 2.12 bits per heavy atom. The van der Waals surface area contributed by atoms with Gasteiger partial charge in [-0.3, -0.25) is 4.79 Å². The molecule has 2 nitrogen and oxygen atoms in total. The van der Waals surface area contributed by atoms with Crippen molar-refractivity contribution in [1.82, 2.24) is 4.98 Å². The number of nitrogens with zero attached hydrogens (tertiary/aromatic N) is 1. The fourth-order valence-corrected chi connectivity index (χ4v) is 2.76. The van der Waals surface area contributed by atoms with Crippen LogP contribution in [0.4, 0.5) is 13.2 Å². The van der Waals surface area contributed by atoms with Crippen LogP contribution in [0, 0.1) is 0 Å². The van der Waals surface area contributed by atoms with E-state index >= 15 is 0 Å². The Morgan fingerprint density at radius 1 is 1.35 bits per heavy atom. The minimum absolute atomic E-state index is 0.140. The minimum Gasteiger partial charge on any atom is -0.298 e. The predicted octanol–water partition coefficient (Wildman–Crippen LogP) is 3.31. The number of Topliss-reactive ketones (excluding diaryl/α,β-unsaturated/α-hetero) is 1. The van der Waals surface area contributed by atoms with Crippen molar-refractivity contribution >= 4 is 17.5 Å². The van der Waals surface area contributed by atoms with Gasteiger partial charge in [0.05, 0.1) is 15.8 Å². The summed E-state index contributed by atoms with van der Waals surface area (Å²) >= 11 is 1.25. The van der Waals surface area contributed by atoms with Crippen molar-refractivity contribution in [3.05, 3.63) is 23.9 Å². The summed E-state index contributed by atoms with van der Waals surface area (Å²) in [5.41, 5.74) is -0.764. The molecule has 1 atom stereocenters. The van der Waals surface area contributed by atoms with Crippen molar-refractivity contribution in [2.24, 2.45) is 0 Å². The van der Waals surface area contributed by atoms with Crippen LogP contribution in [0.3, 0.4) is 0 Å². The van der Waals surface area contributed by atoms with E-state index in [0.29, 0.717) is 11.4 Å². The molecule has 0 aromatic carbocycles. The van der Waals surface area contributed by atoms with E-state index in [2.05, 4.69) is 4.98 Å². The van der Waals surface area contributed by atoms with Gasteiger partial charge in [0.25, 0.3) is 0 Å². The highest BCUT2D eigenvalue weighted by atomic mass is 32.2. The van der Waals surface area contributed by atoms with Gasteiger partial charge in [0.1, 0.15) is 5.78 Å². The number of carbonyl (C=O) groups is 1. The molecule has 1 aliphatic carbocycles. The van der Waals surface area contributed by atoms with Crippen LogP contribution in [-0.4, -0.2) is 16.0 Å². The maximum absolute atomic E-state index is 12.3. The molecule has 0 spiro atoms. The molecule has 1 aromatic heterocycles. The highest BCUT2D eigenvalue weighted by molar-refractivity contribution is 8.00. The van der Waals surface area contributed by atoms with Crippen LogP contribution in [0.5, 0.6) is 0 Å². The molecule has 0 amide bonds. The molecular formula is C11H10F3NOS. The third kappa shape index (κ3) is 3.00. The Hall–Kier alpha value is -1.04. The molecule has 1 unspecified atom stereocenters. The van der Waals surface area contributed by atoms with Gasteiger partial charge in [-0.25, -0.2) is 4.98 Å². The number of alkyl halides is 3. The maximum Gasteiger partial charge on any atom is 0.417 e. The van der Waals surface area contributed by atoms with Crippen LogP contribution >= 0.6 is 11.8 Å². The molecule has 0 saturated heterocycles. The van der Waals surface area contributed by atoms with Gasteiger partial charge in [0.2, 0.25) is 0 Å². The van der Waals surface area contributed by atoms with E-state index < -0.39 is 11.7 Å². The second kappa shape index (κ2) is 4.68. The van der Waals surface area contributed by atoms with Crippen LogP contribution in [0.15, 0.2) is 23.4 Å². The van der Waals surface area contributed by atoms with Crippen molar-refractivity contribution in [1.29, 1.82) is 0 Å². The first-order chi connectivity index (χ1) is 7.97. The van der Waals surface area contributed by atoms with Crippen molar-refractivity contribution in [2.75, 3.05) is 0 Å². The summed E-state index contributed by atoms with van der Waals surface area (Å²) in [6.07, 6.45) is -1.34. The summed E-state index contributed by atoms with van der Waals surface area (Å²) in [7, 11) is 0. The van der Waals surface area contributed by atoms with E-state index in [1.54, 1.807) is 0 Å². The van der Waals surface area contributed by atoms with Crippen LogP contribution in [-0.2, 0) is 11.0 Å². The van der Waals surface area contributed by atoms with Crippen molar-refractivity contribution in [3.8, 4) is 0 Å². The highest BCUT2D eigenvalue weighted by Gasteiger charge is 2.31. The van der Waals surface area contributed by atoms with Gasteiger partial charge in [0.15, 0.2) is 0 Å². The first-order valence-electron chi connectivity index (χ1n) is 5.19. The predicted molar refractivity (Wildman–Crippen MR) is 57.7 cm³/mol. The number of carbonyl (C=O) groups excluding carboxylic acids is 1. The molecule has 0 N–H and O–H groups in total. The maximum atomic E-state index is 12.3. The molecule has 2 rings (SSSR count). The fraction of sp³-hybridized carbons (Fsp3) is 0.455. The Bertz CT molecular complexity index is 416. The summed E-state index contributed by atoms with van der Waals surface area (Å²) in [6.45, 7) is 0. The Kier molecular flexibility index (Phi) is 3.42. The molecular weight excluding hydrogens is 251 g/mol. The van der Waals surface area contributed by atoms with E-state index in [1.807, 2.05) is 0 Å². The molecule has 0 radical (unpaired) electrons. The molecule has 1 saturated carbocycles. The zero-order valence-corrected chi connectivity index (χ0v) is 9.64. The number of rotatable bonds is 2. The fourth-order valence-electron chi connectivity index (χ4n) is 1.67. The number of hydrogen-bond acceptors (Lipinski definition) is 3. The van der Waals surface area contributed by atoms with E-state index in [4.69, 9.17) is 0 Å². The zero-order valence-electron chi connectivity index (χ0n) is 8.83. The average Bonchev–Trinajstić information content (AvgIpc) is 2.64. The molecule has 92 valence electrons. The summed E-state index contributed by atoms with van der Waals surface area (Å²) < 4.78 is 36.9. The molecule has 1 fully saturated rings. The van der Waals surface area contributed by atoms with Gasteiger partial charge in [-0.15, -0.1) is 0 Å². The van der Waals surface area contributed by atoms with E-state index in [1.165, 1.54) is 17.8 Å². The average molecular weight is 261 g/mol. The standard InChI is InChI=1S/C11H10F3NOS/c12-11(13,14)7-4-5-10(15-6-7)17-9-3-1-2-8(9)16/h4-6,9H,1-3H2. The number of pyridine rings is 1. The van der Waals surface area contributed by atoms with Crippen molar-refractivity contribution in [2.45, 2.75) is 35.7 Å². The van der Waals surface area contributed by atoms with Crippen molar-refractivity contribution < 1.29 is 18.0 Å². The lowest BCUT2D eigenvalue weighted by atomic mass is 10.3. The number of thioether (sulfide) groups is 1. The third-order valence-electron chi connectivity index (χ3n) is 2.58. The monoisotopic (exact) mass is 261 g/mol. The molecule has 6 heteroatoms. The quantitative estimate of drug-likeness (QED) is 0.818. The van der Waals surface area contributed by atoms with Gasteiger partial charge in [-0.2, -0.15) is 13.2 Å². The number of ketones is 1. The summed E-state index contributed by atoms with van der Waals surface area (Å²) in [5.74, 6) is 0.164. The number of aromatic nitrogens is 1. The Morgan fingerprint density at radius 3 is 2.59 bits per heavy atom. The SMILES string of the molecule is O=C1CCCC1Sc1ccc(C(F)(F)F)cn1. The number of halogens is 3. The van der Waals surface area contributed by atoms with Gasteiger partial charge in [-0.1, -0.05) is 11.8 Å². The summed E-state index contributed by atoms with van der Waals surface area (Å²) in [4.78, 5) is 15.1. The largest absolute Gasteiger partial charge is 0.417 e. The van der Waals surface area contributed by atoms with E-state index in [9.17, 15) is 18.0 Å². The molecule has 0 bridgehead atoms. The summed E-state index contributed by atoms with van der Waals surface area (Å²) in [5, 5.41) is 0.331. The van der Waals surface area contributed by atoms with Gasteiger partial charge >= 0.3 is 6.18 Å². The first kappa shape index (κ1) is 12.4. The van der Waals surface area contributed by atoms with Gasteiger partial charge in [0, 0.05) is 12.6 Å². The number of hydrogen-bond donors (Lipinski definition) is 0.